The molecule has 0 aliphatic rings. The Morgan fingerprint density at radius 3 is 2.56 bits per heavy atom. The zero-order chi connectivity index (χ0) is 14.0. The molecule has 1 aromatic carbocycles. The number of nitrogen functional groups attached to an aromatic ring is 1. The van der Waals surface area contributed by atoms with Crippen LogP contribution in [0.4, 0.5) is 5.69 Å². The van der Waals surface area contributed by atoms with Crippen molar-refractivity contribution in [2.24, 2.45) is 0 Å². The zero-order valence-corrected chi connectivity index (χ0v) is 12.9. The zero-order valence-electron chi connectivity index (χ0n) is 10.5. The van der Waals surface area contributed by atoms with E-state index < -0.39 is 10.0 Å². The first-order valence-corrected chi connectivity index (χ1v) is 8.36. The van der Waals surface area contributed by atoms with Crippen molar-refractivity contribution < 1.29 is 8.42 Å². The third kappa shape index (κ3) is 4.05. The first-order valence-electron chi connectivity index (χ1n) is 5.28. The number of thioether (sulfide) groups is 1. The smallest absolute Gasteiger partial charge is 0.240 e. The normalized spacial score (nSPS) is 12.7. The number of rotatable bonds is 5. The predicted octanol–water partition coefficient (Wildman–Crippen LogP) is 2.34. The number of hydrogen-bond acceptors (Lipinski definition) is 4. The van der Waals surface area contributed by atoms with Crippen LogP contribution in [0.2, 0.25) is 5.02 Å². The summed E-state index contributed by atoms with van der Waals surface area (Å²) in [6.45, 7) is 4.28. The molecule has 0 aliphatic heterocycles. The molecule has 0 spiro atoms. The van der Waals surface area contributed by atoms with Gasteiger partial charge in [-0.05, 0) is 38.3 Å². The van der Waals surface area contributed by atoms with Crippen molar-refractivity contribution in [2.75, 3.05) is 18.5 Å². The highest BCUT2D eigenvalue weighted by Gasteiger charge is 2.21. The van der Waals surface area contributed by atoms with Gasteiger partial charge in [-0.3, -0.25) is 0 Å². The summed E-state index contributed by atoms with van der Waals surface area (Å²) >= 11 is 7.41. The summed E-state index contributed by atoms with van der Waals surface area (Å²) in [5.74, 6) is 0. The van der Waals surface area contributed by atoms with E-state index in [9.17, 15) is 8.42 Å². The Morgan fingerprint density at radius 1 is 1.44 bits per heavy atom. The molecule has 0 unspecified atom stereocenters. The van der Waals surface area contributed by atoms with Crippen molar-refractivity contribution in [3.05, 3.63) is 23.2 Å². The van der Waals surface area contributed by atoms with E-state index in [1.807, 2.05) is 20.1 Å². The monoisotopic (exact) mass is 308 g/mol. The Kier molecular flexibility index (Phi) is 4.94. The quantitative estimate of drug-likeness (QED) is 0.819. The Morgan fingerprint density at radius 2 is 2.06 bits per heavy atom. The minimum Gasteiger partial charge on any atom is -0.398 e. The van der Waals surface area contributed by atoms with Gasteiger partial charge in [0.15, 0.2) is 0 Å². The van der Waals surface area contributed by atoms with E-state index in [0.29, 0.717) is 12.2 Å². The fourth-order valence-corrected chi connectivity index (χ4v) is 2.89. The molecule has 0 bridgehead atoms. The Hall–Kier alpha value is -0.430. The molecule has 0 saturated carbocycles. The highest BCUT2D eigenvalue weighted by atomic mass is 35.5. The number of anilines is 1. The molecule has 0 radical (unpaired) electrons. The molecule has 7 heteroatoms. The number of hydrogen-bond donors (Lipinski definition) is 2. The van der Waals surface area contributed by atoms with Crippen LogP contribution in [0.3, 0.4) is 0 Å². The van der Waals surface area contributed by atoms with Gasteiger partial charge in [-0.1, -0.05) is 11.6 Å². The molecule has 3 N–H and O–H groups in total. The first kappa shape index (κ1) is 15.6. The van der Waals surface area contributed by atoms with Crippen LogP contribution in [0.1, 0.15) is 13.8 Å². The van der Waals surface area contributed by atoms with Crippen molar-refractivity contribution in [3.8, 4) is 0 Å². The molecule has 0 atom stereocenters. The molecule has 0 saturated heterocycles. The Labute approximate surface area is 117 Å². The maximum absolute atomic E-state index is 12.0. The molecule has 102 valence electrons. The molecule has 18 heavy (non-hydrogen) atoms. The SMILES string of the molecule is CSC(C)(C)CNS(=O)(=O)c1ccc(N)c(Cl)c1. The van der Waals surface area contributed by atoms with Crippen LogP contribution < -0.4 is 10.5 Å². The van der Waals surface area contributed by atoms with Crippen LogP contribution in [0.5, 0.6) is 0 Å². The molecular weight excluding hydrogens is 292 g/mol. The summed E-state index contributed by atoms with van der Waals surface area (Å²) in [5.41, 5.74) is 5.91. The lowest BCUT2D eigenvalue weighted by Gasteiger charge is -2.22. The van der Waals surface area contributed by atoms with E-state index in [4.69, 9.17) is 17.3 Å². The van der Waals surface area contributed by atoms with Gasteiger partial charge in [0.25, 0.3) is 0 Å². The largest absolute Gasteiger partial charge is 0.398 e. The second kappa shape index (κ2) is 5.69. The van der Waals surface area contributed by atoms with Gasteiger partial charge < -0.3 is 5.73 Å². The molecule has 0 heterocycles. The van der Waals surface area contributed by atoms with Crippen LogP contribution in [-0.2, 0) is 10.0 Å². The van der Waals surface area contributed by atoms with Crippen LogP contribution in [0, 0.1) is 0 Å². The van der Waals surface area contributed by atoms with Crippen molar-refractivity contribution in [3.63, 3.8) is 0 Å². The van der Waals surface area contributed by atoms with Crippen molar-refractivity contribution in [1.29, 1.82) is 0 Å². The van der Waals surface area contributed by atoms with Gasteiger partial charge in [-0.2, -0.15) is 11.8 Å². The van der Waals surface area contributed by atoms with Gasteiger partial charge in [0.1, 0.15) is 0 Å². The average Bonchev–Trinajstić information content (AvgIpc) is 2.30. The van der Waals surface area contributed by atoms with Crippen LogP contribution in [0.25, 0.3) is 0 Å². The number of sulfonamides is 1. The van der Waals surface area contributed by atoms with Crippen LogP contribution in [0.15, 0.2) is 23.1 Å². The Balaban J connectivity index is 2.90. The van der Waals surface area contributed by atoms with E-state index >= 15 is 0 Å². The fourth-order valence-electron chi connectivity index (χ4n) is 1.10. The molecule has 1 aromatic rings. The second-order valence-corrected chi connectivity index (χ2v) is 8.16. The second-order valence-electron chi connectivity index (χ2n) is 4.47. The Bertz CT molecular complexity index is 530. The third-order valence-electron chi connectivity index (χ3n) is 2.52. The predicted molar refractivity (Wildman–Crippen MR) is 78.6 cm³/mol. The van der Waals surface area contributed by atoms with Gasteiger partial charge in [-0.15, -0.1) is 0 Å². The summed E-state index contributed by atoms with van der Waals surface area (Å²) in [4.78, 5) is 0.124. The van der Waals surface area contributed by atoms with E-state index in [-0.39, 0.29) is 14.7 Å². The van der Waals surface area contributed by atoms with E-state index in [2.05, 4.69) is 4.72 Å². The van der Waals surface area contributed by atoms with Gasteiger partial charge in [0, 0.05) is 11.3 Å². The van der Waals surface area contributed by atoms with Crippen molar-refractivity contribution in [2.45, 2.75) is 23.5 Å². The summed E-state index contributed by atoms with van der Waals surface area (Å²) in [6, 6.07) is 4.28. The molecule has 0 aliphatic carbocycles. The minimum atomic E-state index is -3.55. The van der Waals surface area contributed by atoms with Gasteiger partial charge >= 0.3 is 0 Å². The summed E-state index contributed by atoms with van der Waals surface area (Å²) in [7, 11) is -3.55. The minimum absolute atomic E-state index is 0.124. The maximum atomic E-state index is 12.0. The third-order valence-corrected chi connectivity index (χ3v) is 5.50. The van der Waals surface area contributed by atoms with Crippen LogP contribution in [-0.4, -0.2) is 26.0 Å². The number of benzene rings is 1. The maximum Gasteiger partial charge on any atom is 0.240 e. The summed E-state index contributed by atoms with van der Waals surface area (Å²) < 4.78 is 26.5. The molecule has 0 fully saturated rings. The first-order chi connectivity index (χ1) is 8.18. The van der Waals surface area contributed by atoms with E-state index in [1.165, 1.54) is 18.2 Å². The molecule has 0 aromatic heterocycles. The van der Waals surface area contributed by atoms with Crippen molar-refractivity contribution >= 4 is 39.1 Å². The highest BCUT2D eigenvalue weighted by molar-refractivity contribution is 8.00. The molecular formula is C11H17ClN2O2S2. The standard InChI is InChI=1S/C11H17ClN2O2S2/c1-11(2,17-3)7-14-18(15,16)8-4-5-10(13)9(12)6-8/h4-6,14H,7,13H2,1-3H3. The number of nitrogens with two attached hydrogens (primary N) is 1. The van der Waals surface area contributed by atoms with E-state index in [0.717, 1.165) is 0 Å². The number of halogens is 1. The lowest BCUT2D eigenvalue weighted by molar-refractivity contribution is 0.571. The fraction of sp³-hybridized carbons (Fsp3) is 0.455. The summed E-state index contributed by atoms with van der Waals surface area (Å²) in [5, 5.41) is 0.238. The molecule has 1 rings (SSSR count). The lowest BCUT2D eigenvalue weighted by Crippen LogP contribution is -2.36. The average molecular weight is 309 g/mol. The molecule has 4 nitrogen and oxygen atoms in total. The number of nitrogens with one attached hydrogen (secondary N) is 1. The van der Waals surface area contributed by atoms with Gasteiger partial charge in [0.2, 0.25) is 10.0 Å². The highest BCUT2D eigenvalue weighted by Crippen LogP contribution is 2.24. The summed E-state index contributed by atoms with van der Waals surface area (Å²) in [6.07, 6.45) is 1.94. The topological polar surface area (TPSA) is 72.2 Å². The van der Waals surface area contributed by atoms with E-state index in [1.54, 1.807) is 11.8 Å². The van der Waals surface area contributed by atoms with Crippen LogP contribution >= 0.6 is 23.4 Å². The lowest BCUT2D eigenvalue weighted by atomic mass is 10.2. The molecule has 0 amide bonds. The van der Waals surface area contributed by atoms with Gasteiger partial charge in [-0.25, -0.2) is 13.1 Å². The van der Waals surface area contributed by atoms with Gasteiger partial charge in [0.05, 0.1) is 15.6 Å². The van der Waals surface area contributed by atoms with Crippen molar-refractivity contribution in [1.82, 2.24) is 4.72 Å².